The highest BCUT2D eigenvalue weighted by Crippen LogP contribution is 2.27. The van der Waals surface area contributed by atoms with Gasteiger partial charge in [0.2, 0.25) is 17.7 Å². The van der Waals surface area contributed by atoms with Gasteiger partial charge in [-0.25, -0.2) is 24.4 Å². The summed E-state index contributed by atoms with van der Waals surface area (Å²) in [6, 6.07) is 10.4. The molecular formula is C53H65N13O13. The summed E-state index contributed by atoms with van der Waals surface area (Å²) in [6.07, 6.45) is 7.85. The molecule has 79 heavy (non-hydrogen) atoms. The molecule has 0 saturated carbocycles. The number of urea groups is 1. The molecule has 2 aromatic heterocycles. The van der Waals surface area contributed by atoms with Crippen molar-refractivity contribution < 1.29 is 62.5 Å². The number of carbonyl (C=O) groups is 9. The molecule has 2 aromatic carbocycles. The fourth-order valence-electron chi connectivity index (χ4n) is 8.18. The molecule has 3 atom stereocenters. The van der Waals surface area contributed by atoms with Crippen LogP contribution in [0.25, 0.3) is 11.3 Å². The Morgan fingerprint density at radius 2 is 1.53 bits per heavy atom. The van der Waals surface area contributed by atoms with Crippen LogP contribution in [0.3, 0.4) is 0 Å². The Morgan fingerprint density at radius 1 is 0.810 bits per heavy atom. The molecule has 9 amide bonds. The maximum atomic E-state index is 13.6. The number of nitrogens with one attached hydrogen (secondary N) is 6. The van der Waals surface area contributed by atoms with Gasteiger partial charge in [-0.3, -0.25) is 38.7 Å². The molecule has 26 nitrogen and oxygen atoms in total. The molecule has 2 aliphatic heterocycles. The number of anilines is 4. The first-order valence-electron chi connectivity index (χ1n) is 25.6. The third kappa shape index (κ3) is 18.2. The Kier molecular flexibility index (Phi) is 21.9. The fourth-order valence-corrected chi connectivity index (χ4v) is 8.18. The summed E-state index contributed by atoms with van der Waals surface area (Å²) < 4.78 is 16.5. The SMILES string of the molecule is CC(C)[C@H](NC(=O)CCCCCN1C(=O)C=CC1=O)C(=O)N[C@@H](CCCNC(N)=O)C(=O)Nc1ccc(COC(=O)N[C@H](CCOc2ccc(-c3cnc(N)c(C(=O)Nc4cnccc4N4CCOCC4)n3)cc2)C(=O)O)cc1. The Bertz CT molecular complexity index is 2830. The highest BCUT2D eigenvalue weighted by Gasteiger charge is 2.30. The number of primary amides is 1. The number of carbonyl (C=O) groups excluding carboxylic acids is 8. The first-order valence-corrected chi connectivity index (χ1v) is 25.6. The Hall–Kier alpha value is -9.20. The van der Waals surface area contributed by atoms with E-state index in [2.05, 4.69) is 51.8 Å². The number of morpholine rings is 1. The summed E-state index contributed by atoms with van der Waals surface area (Å²) in [4.78, 5) is 129. The molecule has 1 saturated heterocycles. The van der Waals surface area contributed by atoms with Crippen molar-refractivity contribution in [3.8, 4) is 17.0 Å². The Labute approximate surface area is 454 Å². The highest BCUT2D eigenvalue weighted by atomic mass is 16.5. The molecule has 2 aliphatic rings. The number of rotatable bonds is 28. The lowest BCUT2D eigenvalue weighted by Crippen LogP contribution is -2.54. The number of unbranched alkanes of at least 4 members (excludes halogenated alkanes) is 2. The van der Waals surface area contributed by atoms with Crippen LogP contribution in [0.5, 0.6) is 5.75 Å². The van der Waals surface area contributed by atoms with Crippen molar-refractivity contribution in [1.82, 2.24) is 41.1 Å². The summed E-state index contributed by atoms with van der Waals surface area (Å²) in [5.41, 5.74) is 14.2. The van der Waals surface area contributed by atoms with Crippen LogP contribution in [0.1, 0.15) is 74.8 Å². The van der Waals surface area contributed by atoms with E-state index in [-0.39, 0.29) is 81.2 Å². The van der Waals surface area contributed by atoms with Crippen molar-refractivity contribution >= 4 is 76.4 Å². The van der Waals surface area contributed by atoms with Crippen molar-refractivity contribution in [3.05, 3.63) is 96.6 Å². The number of nitrogen functional groups attached to an aromatic ring is 1. The van der Waals surface area contributed by atoms with Crippen LogP contribution in [-0.4, -0.2) is 143 Å². The first kappa shape index (κ1) is 59.1. The second kappa shape index (κ2) is 29.4. The van der Waals surface area contributed by atoms with E-state index in [1.165, 1.54) is 30.5 Å². The molecule has 1 fully saturated rings. The van der Waals surface area contributed by atoms with E-state index in [9.17, 15) is 48.3 Å². The normalized spacial score (nSPS) is 14.2. The van der Waals surface area contributed by atoms with Crippen LogP contribution in [0.4, 0.5) is 32.5 Å². The molecule has 11 N–H and O–H groups in total. The Balaban J connectivity index is 0.941. The van der Waals surface area contributed by atoms with Crippen LogP contribution >= 0.6 is 0 Å². The zero-order valence-electron chi connectivity index (χ0n) is 43.7. The number of carboxylic acid groups (broad SMARTS) is 1. The van der Waals surface area contributed by atoms with Gasteiger partial charge >= 0.3 is 18.1 Å². The van der Waals surface area contributed by atoms with Gasteiger partial charge in [0.25, 0.3) is 17.7 Å². The lowest BCUT2D eigenvalue weighted by molar-refractivity contribution is -0.140. The van der Waals surface area contributed by atoms with Crippen molar-refractivity contribution in [2.24, 2.45) is 11.7 Å². The van der Waals surface area contributed by atoms with Gasteiger partial charge in [-0.15, -0.1) is 0 Å². The number of alkyl carbamates (subject to hydrolysis) is 1. The smallest absolute Gasteiger partial charge is 0.408 e. The van der Waals surface area contributed by atoms with Gasteiger partial charge in [0, 0.05) is 68.6 Å². The largest absolute Gasteiger partial charge is 0.494 e. The van der Waals surface area contributed by atoms with Gasteiger partial charge in [0.05, 0.1) is 49.3 Å². The topological polar surface area (TPSA) is 371 Å². The number of carboxylic acids is 1. The molecule has 6 rings (SSSR count). The van der Waals surface area contributed by atoms with E-state index in [0.717, 1.165) is 10.6 Å². The Morgan fingerprint density at radius 3 is 2.22 bits per heavy atom. The minimum absolute atomic E-state index is 0.0693. The summed E-state index contributed by atoms with van der Waals surface area (Å²) >= 11 is 0. The third-order valence-corrected chi connectivity index (χ3v) is 12.5. The molecule has 0 spiro atoms. The zero-order valence-corrected chi connectivity index (χ0v) is 43.7. The van der Waals surface area contributed by atoms with E-state index in [0.29, 0.717) is 79.5 Å². The summed E-state index contributed by atoms with van der Waals surface area (Å²) in [6.45, 7) is 5.88. The van der Waals surface area contributed by atoms with Crippen molar-refractivity contribution in [3.63, 3.8) is 0 Å². The second-order valence-electron chi connectivity index (χ2n) is 18.7. The number of ether oxygens (including phenoxy) is 3. The number of nitrogens with two attached hydrogens (primary N) is 2. The number of pyridine rings is 1. The van der Waals surface area contributed by atoms with Crippen LogP contribution in [0.2, 0.25) is 0 Å². The molecule has 0 aliphatic carbocycles. The molecule has 4 aromatic rings. The molecule has 26 heteroatoms. The number of imide groups is 1. The number of aliphatic carboxylic acids is 1. The maximum Gasteiger partial charge on any atom is 0.408 e. The average Bonchev–Trinajstić information content (AvgIpc) is 3.76. The monoisotopic (exact) mass is 1090 g/mol. The summed E-state index contributed by atoms with van der Waals surface area (Å²) in [7, 11) is 0. The van der Waals surface area contributed by atoms with Crippen molar-refractivity contribution in [2.45, 2.75) is 83.5 Å². The minimum atomic E-state index is -1.37. The van der Waals surface area contributed by atoms with Crippen LogP contribution in [0, 0.1) is 5.92 Å². The van der Waals surface area contributed by atoms with Gasteiger partial charge in [0.1, 0.15) is 30.5 Å². The predicted molar refractivity (Wildman–Crippen MR) is 287 cm³/mol. The molecule has 0 unspecified atom stereocenters. The number of benzene rings is 2. The highest BCUT2D eigenvalue weighted by molar-refractivity contribution is 6.13. The molecule has 420 valence electrons. The van der Waals surface area contributed by atoms with Crippen molar-refractivity contribution in [2.75, 3.05) is 67.3 Å². The minimum Gasteiger partial charge on any atom is -0.494 e. The number of nitrogens with zero attached hydrogens (tertiary/aromatic N) is 5. The zero-order chi connectivity index (χ0) is 56.8. The first-order chi connectivity index (χ1) is 37.9. The van der Waals surface area contributed by atoms with Crippen molar-refractivity contribution in [1.29, 1.82) is 0 Å². The molecule has 0 bridgehead atoms. The summed E-state index contributed by atoms with van der Waals surface area (Å²) in [5, 5.41) is 25.7. The molecular weight excluding hydrogens is 1030 g/mol. The van der Waals surface area contributed by atoms with Gasteiger partial charge in [0.15, 0.2) is 11.5 Å². The van der Waals surface area contributed by atoms with E-state index < -0.39 is 59.8 Å². The van der Waals surface area contributed by atoms with Gasteiger partial charge in [-0.05, 0) is 79.6 Å². The molecule has 0 radical (unpaired) electrons. The van der Waals surface area contributed by atoms with Crippen LogP contribution < -0.4 is 53.0 Å². The van der Waals surface area contributed by atoms with E-state index >= 15 is 0 Å². The fraction of sp³-hybridized carbons (Fsp3) is 0.396. The second-order valence-corrected chi connectivity index (χ2v) is 18.7. The van der Waals surface area contributed by atoms with Crippen LogP contribution in [0.15, 0.2) is 85.3 Å². The predicted octanol–water partition coefficient (Wildman–Crippen LogP) is 2.86. The molecule has 4 heterocycles. The van der Waals surface area contributed by atoms with Gasteiger partial charge < -0.3 is 67.6 Å². The standard InChI is InChI=1S/C53H65N13O13/c1-32(2)45(64-42(67)8-4-3-5-23-66-43(68)17-18-44(66)69)49(71)61-37(7-6-21-57-52(55)75)48(70)59-35-13-9-33(10-14-35)31-79-53(76)63-38(51(73)74)20-26-78-36-15-11-34(12-16-36)39-30-58-47(54)46(60-39)50(72)62-40-29-56-22-19-41(40)65-24-27-77-28-25-65/h9-19,22,29-30,32,37-38,45H,3-8,20-21,23-28,31H2,1-2H3,(H2,54,58)(H,59,70)(H,61,71)(H,62,72)(H,63,76)(H,64,67)(H,73,74)(H3,55,57,75)/t37-,38+,45-/m0/s1. The average molecular weight is 1090 g/mol. The van der Waals surface area contributed by atoms with E-state index in [1.54, 1.807) is 68.7 Å². The number of aromatic nitrogens is 3. The number of amides is 9. The quantitative estimate of drug-likeness (QED) is 0.0292. The summed E-state index contributed by atoms with van der Waals surface area (Å²) in [5.74, 6) is -4.29. The van der Waals surface area contributed by atoms with E-state index in [1.807, 2.05) is 0 Å². The number of hydrogen-bond donors (Lipinski definition) is 9. The lowest BCUT2D eigenvalue weighted by Gasteiger charge is -2.30. The van der Waals surface area contributed by atoms with Gasteiger partial charge in [-0.1, -0.05) is 32.4 Å². The number of hydrogen-bond acceptors (Lipinski definition) is 17. The third-order valence-electron chi connectivity index (χ3n) is 12.5. The lowest BCUT2D eigenvalue weighted by atomic mass is 10.0. The van der Waals surface area contributed by atoms with E-state index in [4.69, 9.17) is 25.7 Å². The van der Waals surface area contributed by atoms with Crippen LogP contribution in [-0.2, 0) is 44.8 Å². The van der Waals surface area contributed by atoms with Gasteiger partial charge in [-0.2, -0.15) is 0 Å². The maximum absolute atomic E-state index is 13.6.